The molecule has 0 saturated heterocycles. The van der Waals surface area contributed by atoms with E-state index in [2.05, 4.69) is 5.32 Å². The van der Waals surface area contributed by atoms with E-state index in [0.29, 0.717) is 18.6 Å². The highest BCUT2D eigenvalue weighted by molar-refractivity contribution is 5.86. The van der Waals surface area contributed by atoms with E-state index >= 15 is 0 Å². The lowest BCUT2D eigenvalue weighted by atomic mass is 9.86. The minimum atomic E-state index is -0.910. The maximum Gasteiger partial charge on any atom is 0.308 e. The first-order valence-corrected chi connectivity index (χ1v) is 8.68. The number of benzene rings is 1. The fourth-order valence-electron chi connectivity index (χ4n) is 3.16. The van der Waals surface area contributed by atoms with Gasteiger partial charge in [0, 0.05) is 24.4 Å². The molecule has 138 valence electrons. The molecule has 1 aliphatic heterocycles. The fraction of sp³-hybridized carbons (Fsp3) is 0.600. The molecule has 1 N–H and O–H groups in total. The molecule has 1 heterocycles. The molecule has 1 aliphatic rings. The number of fused-ring (bicyclic) bond motifs is 1. The monoisotopic (exact) mass is 347 g/mol. The summed E-state index contributed by atoms with van der Waals surface area (Å²) in [4.78, 5) is 24.1. The Kier molecular flexibility index (Phi) is 4.90. The molecule has 0 aliphatic carbocycles. The topological polar surface area (TPSA) is 64.6 Å². The van der Waals surface area contributed by atoms with Crippen LogP contribution in [-0.2, 0) is 16.0 Å². The van der Waals surface area contributed by atoms with E-state index in [1.165, 1.54) is 6.92 Å². The summed E-state index contributed by atoms with van der Waals surface area (Å²) in [7, 11) is 0. The summed E-state index contributed by atoms with van der Waals surface area (Å²) in [6, 6.07) is 0. The molecule has 25 heavy (non-hydrogen) atoms. The van der Waals surface area contributed by atoms with Gasteiger partial charge in [0.05, 0.1) is 0 Å². The van der Waals surface area contributed by atoms with E-state index in [4.69, 9.17) is 9.47 Å². The zero-order chi connectivity index (χ0) is 19.2. The molecule has 0 bridgehead atoms. The van der Waals surface area contributed by atoms with Gasteiger partial charge in [-0.1, -0.05) is 0 Å². The second-order valence-electron chi connectivity index (χ2n) is 8.14. The lowest BCUT2D eigenvalue weighted by Gasteiger charge is -2.38. The number of hydrogen-bond donors (Lipinski definition) is 1. The fourth-order valence-corrected chi connectivity index (χ4v) is 3.16. The standard InChI is InChI=1S/C20H29NO4/c1-11-12(2)17-15(13(3)16(11)24-14(4)22)9-10-20(8,25-17)18(23)21-19(5,6)7/h9-10H2,1-8H3,(H,21,23). The van der Waals surface area contributed by atoms with Gasteiger partial charge in [-0.15, -0.1) is 0 Å². The van der Waals surface area contributed by atoms with Crippen LogP contribution in [0.4, 0.5) is 0 Å². The summed E-state index contributed by atoms with van der Waals surface area (Å²) in [5, 5.41) is 3.01. The molecule has 0 radical (unpaired) electrons. The minimum Gasteiger partial charge on any atom is -0.477 e. The molecule has 2 rings (SSSR count). The molecular formula is C20H29NO4. The molecule has 1 amide bonds. The maximum absolute atomic E-state index is 12.7. The predicted octanol–water partition coefficient (Wildman–Crippen LogP) is 3.54. The average Bonchev–Trinajstić information content (AvgIpc) is 2.47. The van der Waals surface area contributed by atoms with E-state index in [-0.39, 0.29) is 17.4 Å². The van der Waals surface area contributed by atoms with E-state index in [1.54, 1.807) is 0 Å². The van der Waals surface area contributed by atoms with Crippen LogP contribution in [0.15, 0.2) is 0 Å². The molecule has 5 heteroatoms. The normalized spacial score (nSPS) is 19.7. The van der Waals surface area contributed by atoms with Gasteiger partial charge in [0.1, 0.15) is 11.5 Å². The Morgan fingerprint density at radius 1 is 1.12 bits per heavy atom. The van der Waals surface area contributed by atoms with Crippen LogP contribution in [0.1, 0.15) is 63.3 Å². The Labute approximate surface area is 150 Å². The van der Waals surface area contributed by atoms with Crippen molar-refractivity contribution < 1.29 is 19.1 Å². The Balaban J connectivity index is 2.45. The van der Waals surface area contributed by atoms with Crippen molar-refractivity contribution >= 4 is 11.9 Å². The quantitative estimate of drug-likeness (QED) is 0.656. The van der Waals surface area contributed by atoms with Crippen molar-refractivity contribution in [2.24, 2.45) is 0 Å². The van der Waals surface area contributed by atoms with Gasteiger partial charge in [0.2, 0.25) is 0 Å². The lowest BCUT2D eigenvalue weighted by Crippen LogP contribution is -2.55. The Hall–Kier alpha value is -2.04. The highest BCUT2D eigenvalue weighted by Gasteiger charge is 2.42. The number of carbonyl (C=O) groups excluding carboxylic acids is 2. The van der Waals surface area contributed by atoms with E-state index in [1.807, 2.05) is 48.5 Å². The second-order valence-corrected chi connectivity index (χ2v) is 8.14. The number of hydrogen-bond acceptors (Lipinski definition) is 4. The van der Waals surface area contributed by atoms with Crippen LogP contribution in [-0.4, -0.2) is 23.0 Å². The summed E-state index contributed by atoms with van der Waals surface area (Å²) < 4.78 is 11.6. The van der Waals surface area contributed by atoms with Crippen LogP contribution >= 0.6 is 0 Å². The maximum atomic E-state index is 12.7. The van der Waals surface area contributed by atoms with Crippen molar-refractivity contribution in [3.8, 4) is 11.5 Å². The summed E-state index contributed by atoms with van der Waals surface area (Å²) in [5.74, 6) is 0.903. The van der Waals surface area contributed by atoms with Crippen molar-refractivity contribution in [2.75, 3.05) is 0 Å². The number of nitrogens with one attached hydrogen (secondary N) is 1. The molecule has 5 nitrogen and oxygen atoms in total. The van der Waals surface area contributed by atoms with Gasteiger partial charge in [-0.2, -0.15) is 0 Å². The van der Waals surface area contributed by atoms with Crippen molar-refractivity contribution in [1.82, 2.24) is 5.32 Å². The smallest absolute Gasteiger partial charge is 0.308 e. The van der Waals surface area contributed by atoms with Crippen LogP contribution in [0, 0.1) is 20.8 Å². The van der Waals surface area contributed by atoms with Crippen LogP contribution in [0.3, 0.4) is 0 Å². The second kappa shape index (κ2) is 6.36. The Morgan fingerprint density at radius 2 is 1.72 bits per heavy atom. The Morgan fingerprint density at radius 3 is 2.24 bits per heavy atom. The van der Waals surface area contributed by atoms with Crippen molar-refractivity contribution in [1.29, 1.82) is 0 Å². The van der Waals surface area contributed by atoms with Gasteiger partial charge >= 0.3 is 5.97 Å². The molecule has 1 unspecified atom stereocenters. The molecular weight excluding hydrogens is 318 g/mol. The van der Waals surface area contributed by atoms with Crippen molar-refractivity contribution in [3.05, 3.63) is 22.3 Å². The highest BCUT2D eigenvalue weighted by atomic mass is 16.5. The third kappa shape index (κ3) is 3.80. The molecule has 0 aromatic heterocycles. The lowest BCUT2D eigenvalue weighted by molar-refractivity contribution is -0.138. The van der Waals surface area contributed by atoms with Crippen molar-refractivity contribution in [3.63, 3.8) is 0 Å². The van der Waals surface area contributed by atoms with Gasteiger partial charge in [0.15, 0.2) is 5.60 Å². The van der Waals surface area contributed by atoms with Crippen LogP contribution in [0.5, 0.6) is 11.5 Å². The van der Waals surface area contributed by atoms with Crippen LogP contribution in [0.2, 0.25) is 0 Å². The number of carbonyl (C=O) groups is 2. The van der Waals surface area contributed by atoms with Gasteiger partial charge in [-0.25, -0.2) is 0 Å². The first-order valence-electron chi connectivity index (χ1n) is 8.68. The van der Waals surface area contributed by atoms with E-state index < -0.39 is 5.60 Å². The average molecular weight is 347 g/mol. The summed E-state index contributed by atoms with van der Waals surface area (Å²) in [5.41, 5.74) is 2.47. The summed E-state index contributed by atoms with van der Waals surface area (Å²) in [6.45, 7) is 14.9. The molecule has 0 fully saturated rings. The molecule has 0 spiro atoms. The zero-order valence-electron chi connectivity index (χ0n) is 16.5. The van der Waals surface area contributed by atoms with Gasteiger partial charge in [-0.3, -0.25) is 9.59 Å². The third-order valence-corrected chi connectivity index (χ3v) is 4.71. The third-order valence-electron chi connectivity index (χ3n) is 4.71. The number of amides is 1. The van der Waals surface area contributed by atoms with Crippen LogP contribution < -0.4 is 14.8 Å². The SMILES string of the molecule is CC(=O)Oc1c(C)c(C)c2c(c1C)CCC(C)(C(=O)NC(C)(C)C)O2. The number of esters is 1. The zero-order valence-corrected chi connectivity index (χ0v) is 16.5. The van der Waals surface area contributed by atoms with E-state index in [0.717, 1.165) is 28.0 Å². The van der Waals surface area contributed by atoms with Gasteiger partial charge in [-0.05, 0) is 71.6 Å². The molecule has 1 aromatic rings. The van der Waals surface area contributed by atoms with Crippen LogP contribution in [0.25, 0.3) is 0 Å². The number of ether oxygens (including phenoxy) is 2. The molecule has 0 saturated carbocycles. The van der Waals surface area contributed by atoms with E-state index in [9.17, 15) is 9.59 Å². The minimum absolute atomic E-state index is 0.107. The van der Waals surface area contributed by atoms with Crippen molar-refractivity contribution in [2.45, 2.75) is 79.4 Å². The van der Waals surface area contributed by atoms with Gasteiger partial charge < -0.3 is 14.8 Å². The largest absolute Gasteiger partial charge is 0.477 e. The first kappa shape index (κ1) is 19.3. The predicted molar refractivity (Wildman–Crippen MR) is 97.2 cm³/mol. The molecule has 1 aromatic carbocycles. The molecule has 1 atom stereocenters. The summed E-state index contributed by atoms with van der Waals surface area (Å²) >= 11 is 0. The number of rotatable bonds is 2. The Bertz CT molecular complexity index is 730. The first-order chi connectivity index (χ1) is 11.4. The highest BCUT2D eigenvalue weighted by Crippen LogP contribution is 2.43. The van der Waals surface area contributed by atoms with Gasteiger partial charge in [0.25, 0.3) is 5.91 Å². The summed E-state index contributed by atoms with van der Waals surface area (Å²) in [6.07, 6.45) is 1.27.